The minimum absolute atomic E-state index is 0.311. The number of ether oxygens (including phenoxy) is 1. The van der Waals surface area contributed by atoms with Crippen molar-refractivity contribution in [2.24, 2.45) is 0 Å². The number of hydrogen-bond acceptors (Lipinski definition) is 3. The third kappa shape index (κ3) is 2.62. The summed E-state index contributed by atoms with van der Waals surface area (Å²) in [6.07, 6.45) is 2.00. The lowest BCUT2D eigenvalue weighted by Gasteiger charge is -2.42. The lowest BCUT2D eigenvalue weighted by molar-refractivity contribution is -0.182. The molecule has 0 radical (unpaired) electrons. The Morgan fingerprint density at radius 3 is 2.44 bits per heavy atom. The van der Waals surface area contributed by atoms with Crippen LogP contribution in [0.1, 0.15) is 33.2 Å². The molecule has 2 heterocycles. The molecule has 2 atom stereocenters. The summed E-state index contributed by atoms with van der Waals surface area (Å²) >= 11 is 0. The van der Waals surface area contributed by atoms with E-state index < -0.39 is 23.1 Å². The van der Waals surface area contributed by atoms with Crippen molar-refractivity contribution in [3.05, 3.63) is 76.1 Å². The van der Waals surface area contributed by atoms with Gasteiger partial charge < -0.3 is 4.74 Å². The van der Waals surface area contributed by atoms with Crippen LogP contribution in [0, 0.1) is 0 Å². The fourth-order valence-corrected chi connectivity index (χ4v) is 3.50. The van der Waals surface area contributed by atoms with Crippen LogP contribution in [0.2, 0.25) is 0 Å². The lowest BCUT2D eigenvalue weighted by atomic mass is 10.00. The summed E-state index contributed by atoms with van der Waals surface area (Å²) in [6.45, 7) is 13.2. The largest absolute Gasteiger partial charge is 0.354 e. The van der Waals surface area contributed by atoms with Crippen LogP contribution >= 0.6 is 0 Å². The molecule has 25 heavy (non-hydrogen) atoms. The number of hydrogen-bond donors (Lipinski definition) is 0. The van der Waals surface area contributed by atoms with Crippen molar-refractivity contribution in [1.29, 1.82) is 0 Å². The maximum Gasteiger partial charge on any atom is 0.354 e. The number of nitrogens with zero attached hydrogens (tertiary/aromatic N) is 3. The van der Waals surface area contributed by atoms with Gasteiger partial charge in [0.25, 0.3) is 0 Å². The highest BCUT2D eigenvalue weighted by Gasteiger charge is 2.43. The minimum atomic E-state index is -0.962. The van der Waals surface area contributed by atoms with Crippen LogP contribution in [-0.4, -0.2) is 20.0 Å². The van der Waals surface area contributed by atoms with Gasteiger partial charge in [0.05, 0.1) is 11.8 Å². The van der Waals surface area contributed by atoms with Gasteiger partial charge in [0, 0.05) is 0 Å². The van der Waals surface area contributed by atoms with E-state index in [0.717, 1.165) is 5.57 Å². The normalized spacial score (nSPS) is 21.6. The van der Waals surface area contributed by atoms with E-state index in [0.29, 0.717) is 12.1 Å². The van der Waals surface area contributed by atoms with E-state index in [1.807, 2.05) is 13.0 Å². The highest BCUT2D eigenvalue weighted by atomic mass is 16.5. The molecule has 1 aromatic heterocycles. The molecule has 3 rings (SSSR count). The Kier molecular flexibility index (Phi) is 4.16. The fourth-order valence-electron chi connectivity index (χ4n) is 3.50. The van der Waals surface area contributed by atoms with Crippen LogP contribution in [0.25, 0.3) is 5.69 Å². The zero-order valence-electron chi connectivity index (χ0n) is 14.8. The van der Waals surface area contributed by atoms with E-state index >= 15 is 0 Å². The van der Waals surface area contributed by atoms with Gasteiger partial charge in [-0.2, -0.15) is 4.68 Å². The standard InChI is InChI=1S/C19H23N3O3/c1-6-10-15-16(13(2)3)21-17(23)20(14-11-8-7-9-12-14)18(24)22(21)19(4,5)25-15/h6-9,11-12,15-16H,1-2,10H2,3-5H3/t15-,16-/m0/s1. The third-order valence-electron chi connectivity index (χ3n) is 4.46. The molecule has 1 aliphatic rings. The summed E-state index contributed by atoms with van der Waals surface area (Å²) in [5.41, 5.74) is -0.499. The first-order chi connectivity index (χ1) is 11.8. The molecule has 0 spiro atoms. The number of para-hydroxylation sites is 1. The molecule has 0 unspecified atom stereocenters. The minimum Gasteiger partial charge on any atom is -0.348 e. The molecule has 132 valence electrons. The number of aromatic nitrogens is 3. The first-order valence-electron chi connectivity index (χ1n) is 8.26. The second-order valence-electron chi connectivity index (χ2n) is 6.81. The Bertz CT molecular complexity index is 931. The van der Waals surface area contributed by atoms with Crippen molar-refractivity contribution in [1.82, 2.24) is 13.9 Å². The van der Waals surface area contributed by atoms with E-state index in [2.05, 4.69) is 13.2 Å². The molecule has 6 heteroatoms. The fraction of sp³-hybridized carbons (Fsp3) is 0.368. The van der Waals surface area contributed by atoms with Gasteiger partial charge in [0.2, 0.25) is 0 Å². The smallest absolute Gasteiger partial charge is 0.348 e. The first-order valence-corrected chi connectivity index (χ1v) is 8.26. The van der Waals surface area contributed by atoms with Crippen molar-refractivity contribution >= 4 is 0 Å². The van der Waals surface area contributed by atoms with Crippen LogP contribution in [0.5, 0.6) is 0 Å². The van der Waals surface area contributed by atoms with Crippen LogP contribution in [0.3, 0.4) is 0 Å². The molecule has 0 aliphatic carbocycles. The molecule has 2 aromatic rings. The zero-order valence-corrected chi connectivity index (χ0v) is 14.8. The Balaban J connectivity index is 2.35. The van der Waals surface area contributed by atoms with Crippen molar-refractivity contribution < 1.29 is 4.74 Å². The Morgan fingerprint density at radius 1 is 1.24 bits per heavy atom. The Hall–Kier alpha value is -2.60. The summed E-state index contributed by atoms with van der Waals surface area (Å²) < 4.78 is 10.2. The highest BCUT2D eigenvalue weighted by molar-refractivity contribution is 5.31. The maximum atomic E-state index is 13.2. The van der Waals surface area contributed by atoms with Gasteiger partial charge in [-0.1, -0.05) is 36.4 Å². The summed E-state index contributed by atoms with van der Waals surface area (Å²) in [7, 11) is 0. The van der Waals surface area contributed by atoms with Crippen molar-refractivity contribution in [2.45, 2.75) is 45.1 Å². The van der Waals surface area contributed by atoms with Crippen molar-refractivity contribution in [2.75, 3.05) is 0 Å². The second-order valence-corrected chi connectivity index (χ2v) is 6.81. The summed E-state index contributed by atoms with van der Waals surface area (Å²) in [5.74, 6) is 0. The average molecular weight is 341 g/mol. The average Bonchev–Trinajstić information content (AvgIpc) is 2.80. The number of fused-ring (bicyclic) bond motifs is 1. The lowest BCUT2D eigenvalue weighted by Crippen LogP contribution is -2.53. The van der Waals surface area contributed by atoms with Gasteiger partial charge in [-0.25, -0.2) is 18.8 Å². The Morgan fingerprint density at radius 2 is 1.88 bits per heavy atom. The van der Waals surface area contributed by atoms with E-state index in [4.69, 9.17) is 4.74 Å². The maximum absolute atomic E-state index is 13.2. The van der Waals surface area contributed by atoms with Crippen molar-refractivity contribution in [3.8, 4) is 5.69 Å². The second kappa shape index (κ2) is 6.04. The molecule has 0 amide bonds. The van der Waals surface area contributed by atoms with Gasteiger partial charge >= 0.3 is 11.4 Å². The highest BCUT2D eigenvalue weighted by Crippen LogP contribution is 2.34. The van der Waals surface area contributed by atoms with Crippen molar-refractivity contribution in [3.63, 3.8) is 0 Å². The molecule has 6 nitrogen and oxygen atoms in total. The number of benzene rings is 1. The summed E-state index contributed by atoms with van der Waals surface area (Å²) in [5, 5.41) is 0. The van der Waals surface area contributed by atoms with E-state index in [1.165, 1.54) is 13.9 Å². The Labute approximate surface area is 146 Å². The molecule has 0 N–H and O–H groups in total. The first kappa shape index (κ1) is 17.2. The quantitative estimate of drug-likeness (QED) is 0.803. The molecular weight excluding hydrogens is 318 g/mol. The van der Waals surface area contributed by atoms with Crippen LogP contribution in [0.15, 0.2) is 64.7 Å². The van der Waals surface area contributed by atoms with E-state index in [-0.39, 0.29) is 6.10 Å². The monoisotopic (exact) mass is 341 g/mol. The molecule has 0 saturated carbocycles. The van der Waals surface area contributed by atoms with Gasteiger partial charge in [0.15, 0.2) is 5.72 Å². The predicted octanol–water partition coefficient (Wildman–Crippen LogP) is 2.59. The predicted molar refractivity (Wildman–Crippen MR) is 97.1 cm³/mol. The van der Waals surface area contributed by atoms with Gasteiger partial charge in [0.1, 0.15) is 6.04 Å². The van der Waals surface area contributed by atoms with Crippen LogP contribution in [-0.2, 0) is 10.5 Å². The zero-order chi connectivity index (χ0) is 18.4. The van der Waals surface area contributed by atoms with Gasteiger partial charge in [-0.05, 0) is 39.3 Å². The topological polar surface area (TPSA) is 58.2 Å². The third-order valence-corrected chi connectivity index (χ3v) is 4.46. The van der Waals surface area contributed by atoms with Gasteiger partial charge in [-0.15, -0.1) is 6.58 Å². The van der Waals surface area contributed by atoms with Crippen LogP contribution < -0.4 is 11.4 Å². The van der Waals surface area contributed by atoms with Gasteiger partial charge in [-0.3, -0.25) is 0 Å². The molecule has 0 saturated heterocycles. The molecule has 0 bridgehead atoms. The molecular formula is C19H23N3O3. The van der Waals surface area contributed by atoms with E-state index in [9.17, 15) is 9.59 Å². The van der Waals surface area contributed by atoms with E-state index in [1.54, 1.807) is 44.2 Å². The number of rotatable bonds is 4. The molecule has 0 fully saturated rings. The molecule has 1 aliphatic heterocycles. The molecule has 1 aromatic carbocycles. The SMILES string of the molecule is C=CC[C@@H]1OC(C)(C)n2c(=O)n(-c3ccccc3)c(=O)n2[C@H]1C(=C)C. The van der Waals surface area contributed by atoms with Crippen LogP contribution in [0.4, 0.5) is 0 Å². The summed E-state index contributed by atoms with van der Waals surface area (Å²) in [6, 6.07) is 8.46. The summed E-state index contributed by atoms with van der Waals surface area (Å²) in [4.78, 5) is 26.2.